The number of para-hydroxylation sites is 1. The molecule has 1 rings (SSSR count). The van der Waals surface area contributed by atoms with Gasteiger partial charge in [0.25, 0.3) is 5.69 Å². The van der Waals surface area contributed by atoms with Gasteiger partial charge in [0.05, 0.1) is 16.6 Å². The van der Waals surface area contributed by atoms with Crippen LogP contribution in [0.3, 0.4) is 0 Å². The highest BCUT2D eigenvalue weighted by Crippen LogP contribution is 2.33. The molecule has 0 amide bonds. The van der Waals surface area contributed by atoms with Crippen LogP contribution in [0.1, 0.15) is 38.9 Å². The van der Waals surface area contributed by atoms with E-state index in [9.17, 15) is 15.2 Å². The van der Waals surface area contributed by atoms with Crippen molar-refractivity contribution in [1.29, 1.82) is 0 Å². The molecule has 0 spiro atoms. The summed E-state index contributed by atoms with van der Waals surface area (Å²) in [6.45, 7) is 5.97. The monoisotopic (exact) mass is 223 g/mol. The van der Waals surface area contributed by atoms with Crippen LogP contribution in [0.25, 0.3) is 0 Å². The molecule has 0 aliphatic rings. The molecule has 4 nitrogen and oxygen atoms in total. The van der Waals surface area contributed by atoms with Gasteiger partial charge in [0.1, 0.15) is 0 Å². The number of nitrogens with zero attached hydrogens (tertiary/aromatic N) is 1. The minimum Gasteiger partial charge on any atom is -0.388 e. The predicted molar refractivity (Wildman–Crippen MR) is 62.1 cm³/mol. The van der Waals surface area contributed by atoms with E-state index in [1.54, 1.807) is 18.2 Å². The summed E-state index contributed by atoms with van der Waals surface area (Å²) >= 11 is 0. The number of rotatable bonds is 3. The average molecular weight is 223 g/mol. The van der Waals surface area contributed by atoms with E-state index < -0.39 is 11.0 Å². The first kappa shape index (κ1) is 12.6. The van der Waals surface area contributed by atoms with Crippen LogP contribution in [0.5, 0.6) is 0 Å². The normalized spacial score (nSPS) is 13.5. The molecule has 0 fully saturated rings. The van der Waals surface area contributed by atoms with Crippen LogP contribution < -0.4 is 0 Å². The first-order chi connectivity index (χ1) is 7.31. The molecule has 0 aromatic heterocycles. The Morgan fingerprint density at radius 3 is 2.44 bits per heavy atom. The highest BCUT2D eigenvalue weighted by molar-refractivity contribution is 5.41. The fraction of sp³-hybridized carbons (Fsp3) is 0.500. The first-order valence-corrected chi connectivity index (χ1v) is 5.22. The van der Waals surface area contributed by atoms with Gasteiger partial charge in [0.15, 0.2) is 0 Å². The van der Waals surface area contributed by atoms with E-state index in [-0.39, 0.29) is 11.1 Å². The van der Waals surface area contributed by atoms with Gasteiger partial charge in [-0.25, -0.2) is 0 Å². The largest absolute Gasteiger partial charge is 0.388 e. The standard InChI is InChI=1S/C12H17NO3/c1-12(2,3)8-11(14)9-6-4-5-7-10(9)13(15)16/h4-7,11,14H,8H2,1-3H3/t11-/m1/s1. The summed E-state index contributed by atoms with van der Waals surface area (Å²) in [4.78, 5) is 10.3. The van der Waals surface area contributed by atoms with E-state index in [1.165, 1.54) is 6.07 Å². The molecule has 16 heavy (non-hydrogen) atoms. The van der Waals surface area contributed by atoms with Crippen LogP contribution in [-0.2, 0) is 0 Å². The van der Waals surface area contributed by atoms with Crippen molar-refractivity contribution in [2.75, 3.05) is 0 Å². The Labute approximate surface area is 95.1 Å². The molecule has 0 radical (unpaired) electrons. The molecule has 0 heterocycles. The maximum absolute atomic E-state index is 10.8. The summed E-state index contributed by atoms with van der Waals surface area (Å²) in [6.07, 6.45) is -0.292. The minimum atomic E-state index is -0.790. The number of hydrogen-bond acceptors (Lipinski definition) is 3. The third-order valence-electron chi connectivity index (χ3n) is 2.30. The maximum Gasteiger partial charge on any atom is 0.275 e. The van der Waals surface area contributed by atoms with Gasteiger partial charge < -0.3 is 5.11 Å². The molecule has 88 valence electrons. The number of hydrogen-bond donors (Lipinski definition) is 1. The van der Waals surface area contributed by atoms with Gasteiger partial charge in [0.2, 0.25) is 0 Å². The first-order valence-electron chi connectivity index (χ1n) is 5.22. The van der Waals surface area contributed by atoms with Gasteiger partial charge in [0, 0.05) is 6.07 Å². The summed E-state index contributed by atoms with van der Waals surface area (Å²) in [6, 6.07) is 6.33. The maximum atomic E-state index is 10.8. The Morgan fingerprint density at radius 2 is 1.94 bits per heavy atom. The lowest BCUT2D eigenvalue weighted by Gasteiger charge is -2.22. The van der Waals surface area contributed by atoms with Crippen LogP contribution in [0.2, 0.25) is 0 Å². The molecule has 4 heteroatoms. The quantitative estimate of drug-likeness (QED) is 0.632. The molecule has 0 bridgehead atoms. The fourth-order valence-corrected chi connectivity index (χ4v) is 1.63. The topological polar surface area (TPSA) is 63.4 Å². The summed E-state index contributed by atoms with van der Waals surface area (Å²) in [5.74, 6) is 0. The van der Waals surface area contributed by atoms with Crippen LogP contribution in [0.15, 0.2) is 24.3 Å². The Balaban J connectivity index is 2.99. The SMILES string of the molecule is CC(C)(C)C[C@@H](O)c1ccccc1[N+](=O)[O-]. The van der Waals surface area contributed by atoms with Crippen LogP contribution in [0, 0.1) is 15.5 Å². The van der Waals surface area contributed by atoms with Gasteiger partial charge in [-0.15, -0.1) is 0 Å². The van der Waals surface area contributed by atoms with E-state index in [1.807, 2.05) is 20.8 Å². The minimum absolute atomic E-state index is 0.0146. The molecule has 1 atom stereocenters. The highest BCUT2D eigenvalue weighted by Gasteiger charge is 2.24. The van der Waals surface area contributed by atoms with Gasteiger partial charge >= 0.3 is 0 Å². The van der Waals surface area contributed by atoms with Crippen LogP contribution in [0.4, 0.5) is 5.69 Å². The number of nitro groups is 1. The van der Waals surface area contributed by atoms with Crippen molar-refractivity contribution < 1.29 is 10.0 Å². The summed E-state index contributed by atoms with van der Waals surface area (Å²) in [5.41, 5.74) is 0.310. The molecule has 1 aromatic carbocycles. The van der Waals surface area contributed by atoms with Crippen molar-refractivity contribution in [2.24, 2.45) is 5.41 Å². The molecule has 0 aliphatic carbocycles. The molecule has 1 aromatic rings. The number of aliphatic hydroxyl groups is 1. The second-order valence-corrected chi connectivity index (χ2v) is 5.10. The van der Waals surface area contributed by atoms with Crippen LogP contribution in [-0.4, -0.2) is 10.0 Å². The van der Waals surface area contributed by atoms with Crippen molar-refractivity contribution in [3.05, 3.63) is 39.9 Å². The molecular weight excluding hydrogens is 206 g/mol. The van der Waals surface area contributed by atoms with E-state index in [4.69, 9.17) is 0 Å². The Kier molecular flexibility index (Phi) is 3.65. The van der Waals surface area contributed by atoms with Gasteiger partial charge in [-0.1, -0.05) is 32.9 Å². The smallest absolute Gasteiger partial charge is 0.275 e. The van der Waals surface area contributed by atoms with Gasteiger partial charge in [-0.3, -0.25) is 10.1 Å². The fourth-order valence-electron chi connectivity index (χ4n) is 1.63. The number of benzene rings is 1. The van der Waals surface area contributed by atoms with Crippen molar-refractivity contribution in [3.63, 3.8) is 0 Å². The molecule has 1 N–H and O–H groups in total. The van der Waals surface area contributed by atoms with Gasteiger partial charge in [-0.05, 0) is 17.9 Å². The average Bonchev–Trinajstić information content (AvgIpc) is 2.15. The molecule has 0 unspecified atom stereocenters. The Morgan fingerprint density at radius 1 is 1.38 bits per heavy atom. The van der Waals surface area contributed by atoms with Crippen molar-refractivity contribution in [2.45, 2.75) is 33.3 Å². The van der Waals surface area contributed by atoms with Crippen molar-refractivity contribution in [3.8, 4) is 0 Å². The van der Waals surface area contributed by atoms with Crippen LogP contribution >= 0.6 is 0 Å². The lowest BCUT2D eigenvalue weighted by molar-refractivity contribution is -0.386. The summed E-state index contributed by atoms with van der Waals surface area (Å²) < 4.78 is 0. The predicted octanol–water partition coefficient (Wildman–Crippen LogP) is 3.06. The summed E-state index contributed by atoms with van der Waals surface area (Å²) in [7, 11) is 0. The molecule has 0 saturated heterocycles. The summed E-state index contributed by atoms with van der Waals surface area (Å²) in [5, 5.41) is 20.8. The third-order valence-corrected chi connectivity index (χ3v) is 2.30. The van der Waals surface area contributed by atoms with E-state index >= 15 is 0 Å². The zero-order valence-electron chi connectivity index (χ0n) is 9.80. The number of aliphatic hydroxyl groups excluding tert-OH is 1. The lowest BCUT2D eigenvalue weighted by atomic mass is 9.86. The van der Waals surface area contributed by atoms with Gasteiger partial charge in [-0.2, -0.15) is 0 Å². The Hall–Kier alpha value is -1.42. The molecular formula is C12H17NO3. The molecule has 0 aliphatic heterocycles. The molecule has 0 saturated carbocycles. The van der Waals surface area contributed by atoms with E-state index in [0.29, 0.717) is 12.0 Å². The number of nitro benzene ring substituents is 1. The van der Waals surface area contributed by atoms with Crippen molar-refractivity contribution in [1.82, 2.24) is 0 Å². The van der Waals surface area contributed by atoms with E-state index in [2.05, 4.69) is 0 Å². The van der Waals surface area contributed by atoms with E-state index in [0.717, 1.165) is 0 Å². The Bertz CT molecular complexity index is 382. The lowest BCUT2D eigenvalue weighted by Crippen LogP contribution is -2.12. The zero-order chi connectivity index (χ0) is 12.3. The second kappa shape index (κ2) is 4.61. The second-order valence-electron chi connectivity index (χ2n) is 5.10. The van der Waals surface area contributed by atoms with Crippen molar-refractivity contribution >= 4 is 5.69 Å². The third kappa shape index (κ3) is 3.31. The zero-order valence-corrected chi connectivity index (χ0v) is 9.80. The highest BCUT2D eigenvalue weighted by atomic mass is 16.6.